The first kappa shape index (κ1) is 24.9. The van der Waals surface area contributed by atoms with E-state index < -0.39 is 17.7 Å². The number of aliphatic hydroxyl groups excluding tert-OH is 1. The van der Waals surface area contributed by atoms with Crippen LogP contribution in [0.4, 0.5) is 11.4 Å². The van der Waals surface area contributed by atoms with E-state index in [0.29, 0.717) is 41.5 Å². The molecule has 0 saturated carbocycles. The Morgan fingerprint density at radius 2 is 1.58 bits per heavy atom. The zero-order chi connectivity index (χ0) is 25.8. The fourth-order valence-corrected chi connectivity index (χ4v) is 4.34. The molecule has 1 unspecified atom stereocenters. The van der Waals surface area contributed by atoms with Crippen molar-refractivity contribution in [2.24, 2.45) is 0 Å². The summed E-state index contributed by atoms with van der Waals surface area (Å²) in [6.07, 6.45) is 0. The quantitative estimate of drug-likeness (QED) is 0.269. The summed E-state index contributed by atoms with van der Waals surface area (Å²) in [5.74, 6) is -0.796. The first-order valence-corrected chi connectivity index (χ1v) is 11.9. The molecule has 1 aliphatic rings. The maximum atomic E-state index is 13.4. The first-order valence-electron chi connectivity index (χ1n) is 11.9. The van der Waals surface area contributed by atoms with Gasteiger partial charge in [0.2, 0.25) is 0 Å². The fourth-order valence-electron chi connectivity index (χ4n) is 4.34. The van der Waals surface area contributed by atoms with Crippen LogP contribution in [0.25, 0.3) is 5.76 Å². The molecular weight excluding hydrogens is 456 g/mol. The summed E-state index contributed by atoms with van der Waals surface area (Å²) in [7, 11) is 3.86. The summed E-state index contributed by atoms with van der Waals surface area (Å²) in [5.41, 5.74) is 2.56. The second kappa shape index (κ2) is 10.6. The van der Waals surface area contributed by atoms with Crippen LogP contribution in [0.3, 0.4) is 0 Å². The van der Waals surface area contributed by atoms with E-state index in [1.54, 1.807) is 30.3 Å². The molecule has 1 saturated heterocycles. The van der Waals surface area contributed by atoms with Crippen LogP contribution < -0.4 is 19.3 Å². The third-order valence-corrected chi connectivity index (χ3v) is 6.02. The van der Waals surface area contributed by atoms with Gasteiger partial charge in [-0.3, -0.25) is 14.5 Å². The van der Waals surface area contributed by atoms with Gasteiger partial charge in [-0.1, -0.05) is 30.3 Å². The van der Waals surface area contributed by atoms with Crippen LogP contribution in [0, 0.1) is 0 Å². The van der Waals surface area contributed by atoms with Crippen LogP contribution in [-0.2, 0) is 9.59 Å². The van der Waals surface area contributed by atoms with E-state index in [1.807, 2.05) is 75.3 Å². The fraction of sp³-hybridized carbons (Fsp3) is 0.241. The highest BCUT2D eigenvalue weighted by atomic mass is 16.5. The third-order valence-electron chi connectivity index (χ3n) is 6.02. The largest absolute Gasteiger partial charge is 0.507 e. The smallest absolute Gasteiger partial charge is 0.300 e. The van der Waals surface area contributed by atoms with Crippen molar-refractivity contribution in [3.63, 3.8) is 0 Å². The van der Waals surface area contributed by atoms with Crippen molar-refractivity contribution in [3.05, 3.63) is 89.5 Å². The summed E-state index contributed by atoms with van der Waals surface area (Å²) in [4.78, 5) is 30.2. The number of hydrogen-bond donors (Lipinski definition) is 1. The van der Waals surface area contributed by atoms with E-state index in [4.69, 9.17) is 9.47 Å². The molecule has 0 aromatic heterocycles. The van der Waals surface area contributed by atoms with Crippen molar-refractivity contribution in [2.75, 3.05) is 37.1 Å². The van der Waals surface area contributed by atoms with Gasteiger partial charge in [-0.15, -0.1) is 0 Å². The standard InChI is InChI=1S/C29H30N2O5/c1-5-35-22-16-17-23(24(18-22)36-6-2)27(32)25-26(19-10-8-7-9-11-19)31(29(34)28(25)33)21-14-12-20(13-15-21)30(3)4/h7-18,26,32H,5-6H2,1-4H3/b27-25-. The molecule has 1 amide bonds. The topological polar surface area (TPSA) is 79.3 Å². The van der Waals surface area contributed by atoms with Gasteiger partial charge < -0.3 is 19.5 Å². The van der Waals surface area contributed by atoms with E-state index in [2.05, 4.69) is 0 Å². The number of ether oxygens (including phenoxy) is 2. The number of amides is 1. The van der Waals surface area contributed by atoms with Crippen molar-refractivity contribution in [1.82, 2.24) is 0 Å². The number of aliphatic hydroxyl groups is 1. The minimum Gasteiger partial charge on any atom is -0.507 e. The maximum absolute atomic E-state index is 13.4. The number of benzene rings is 3. The number of carbonyl (C=O) groups excluding carboxylic acids is 2. The van der Waals surface area contributed by atoms with E-state index in [0.717, 1.165) is 5.69 Å². The van der Waals surface area contributed by atoms with Gasteiger partial charge in [0.05, 0.1) is 30.4 Å². The van der Waals surface area contributed by atoms with Gasteiger partial charge in [0.15, 0.2) is 0 Å². The molecule has 1 atom stereocenters. The number of Topliss-reactive ketones (excluding diaryl/α,β-unsaturated/α-hetero) is 1. The van der Waals surface area contributed by atoms with Gasteiger partial charge >= 0.3 is 0 Å². The molecule has 7 heteroatoms. The van der Waals surface area contributed by atoms with Gasteiger partial charge in [-0.25, -0.2) is 0 Å². The summed E-state index contributed by atoms with van der Waals surface area (Å²) < 4.78 is 11.3. The van der Waals surface area contributed by atoms with Crippen molar-refractivity contribution in [2.45, 2.75) is 19.9 Å². The maximum Gasteiger partial charge on any atom is 0.300 e. The number of rotatable bonds is 8. The minimum atomic E-state index is -0.808. The lowest BCUT2D eigenvalue weighted by Gasteiger charge is -2.26. The van der Waals surface area contributed by atoms with Gasteiger partial charge in [0, 0.05) is 31.5 Å². The molecule has 4 rings (SSSR count). The van der Waals surface area contributed by atoms with E-state index in [9.17, 15) is 14.7 Å². The Labute approximate surface area is 211 Å². The summed E-state index contributed by atoms with van der Waals surface area (Å²) in [6.45, 7) is 4.53. The highest BCUT2D eigenvalue weighted by Crippen LogP contribution is 2.43. The predicted molar refractivity (Wildman–Crippen MR) is 141 cm³/mol. The van der Waals surface area contributed by atoms with Crippen molar-refractivity contribution < 1.29 is 24.2 Å². The number of hydrogen-bond acceptors (Lipinski definition) is 6. The van der Waals surface area contributed by atoms with E-state index in [-0.39, 0.29) is 11.3 Å². The van der Waals surface area contributed by atoms with Crippen molar-refractivity contribution in [1.29, 1.82) is 0 Å². The summed E-state index contributed by atoms with van der Waals surface area (Å²) in [5, 5.41) is 11.5. The van der Waals surface area contributed by atoms with Crippen LogP contribution in [0.5, 0.6) is 11.5 Å². The number of ketones is 1. The summed E-state index contributed by atoms with van der Waals surface area (Å²) in [6, 6.07) is 20.8. The SMILES string of the molecule is CCOc1ccc(/C(O)=C2/C(=O)C(=O)N(c3ccc(N(C)C)cc3)C2c2ccccc2)c(OCC)c1. The molecule has 1 heterocycles. The molecule has 0 spiro atoms. The normalized spacial score (nSPS) is 16.8. The van der Waals surface area contributed by atoms with Crippen molar-refractivity contribution >= 4 is 28.8 Å². The Morgan fingerprint density at radius 1 is 0.917 bits per heavy atom. The Kier molecular flexibility index (Phi) is 7.29. The molecule has 3 aromatic rings. The molecule has 3 aromatic carbocycles. The highest BCUT2D eigenvalue weighted by Gasteiger charge is 2.47. The van der Waals surface area contributed by atoms with Crippen LogP contribution in [-0.4, -0.2) is 44.1 Å². The Morgan fingerprint density at radius 3 is 2.19 bits per heavy atom. The molecule has 1 fully saturated rings. The lowest BCUT2D eigenvalue weighted by molar-refractivity contribution is -0.132. The second-order valence-corrected chi connectivity index (χ2v) is 8.51. The van der Waals surface area contributed by atoms with E-state index >= 15 is 0 Å². The predicted octanol–water partition coefficient (Wildman–Crippen LogP) is 5.18. The van der Waals surface area contributed by atoms with Crippen LogP contribution in [0.2, 0.25) is 0 Å². The molecule has 1 aliphatic heterocycles. The third kappa shape index (κ3) is 4.64. The molecule has 0 bridgehead atoms. The molecule has 7 nitrogen and oxygen atoms in total. The molecular formula is C29H30N2O5. The molecule has 186 valence electrons. The first-order chi connectivity index (χ1) is 17.4. The number of carbonyl (C=O) groups is 2. The van der Waals surface area contributed by atoms with E-state index in [1.165, 1.54) is 4.90 Å². The molecule has 36 heavy (non-hydrogen) atoms. The van der Waals surface area contributed by atoms with Gasteiger partial charge in [0.25, 0.3) is 11.7 Å². The second-order valence-electron chi connectivity index (χ2n) is 8.51. The lowest BCUT2D eigenvalue weighted by atomic mass is 9.95. The number of anilines is 2. The molecule has 0 radical (unpaired) electrons. The zero-order valence-electron chi connectivity index (χ0n) is 20.9. The average molecular weight is 487 g/mol. The monoisotopic (exact) mass is 486 g/mol. The lowest BCUT2D eigenvalue weighted by Crippen LogP contribution is -2.29. The van der Waals surface area contributed by atoms with Crippen LogP contribution in [0.1, 0.15) is 31.0 Å². The Hall–Kier alpha value is -4.26. The Balaban J connectivity index is 1.90. The van der Waals surface area contributed by atoms with Gasteiger partial charge in [-0.05, 0) is 55.8 Å². The van der Waals surface area contributed by atoms with Crippen LogP contribution >= 0.6 is 0 Å². The average Bonchev–Trinajstić information content (AvgIpc) is 3.15. The minimum absolute atomic E-state index is 0.00741. The Bertz CT molecular complexity index is 1280. The van der Waals surface area contributed by atoms with Gasteiger partial charge in [0.1, 0.15) is 17.3 Å². The zero-order valence-corrected chi connectivity index (χ0v) is 20.9. The number of nitrogens with zero attached hydrogens (tertiary/aromatic N) is 2. The summed E-state index contributed by atoms with van der Waals surface area (Å²) >= 11 is 0. The van der Waals surface area contributed by atoms with Crippen molar-refractivity contribution in [3.8, 4) is 11.5 Å². The van der Waals surface area contributed by atoms with Gasteiger partial charge in [-0.2, -0.15) is 0 Å². The van der Waals surface area contributed by atoms with Crippen LogP contribution in [0.15, 0.2) is 78.4 Å². The highest BCUT2D eigenvalue weighted by molar-refractivity contribution is 6.51. The molecule has 1 N–H and O–H groups in total. The molecule has 0 aliphatic carbocycles.